The lowest BCUT2D eigenvalue weighted by Gasteiger charge is -2.24. The molecule has 14 heavy (non-hydrogen) atoms. The molecule has 1 N–H and O–H groups in total. The van der Waals surface area contributed by atoms with Gasteiger partial charge in [-0.05, 0) is 20.8 Å². The average molecular weight is 223 g/mol. The second-order valence-corrected chi connectivity index (χ2v) is 6.26. The highest BCUT2D eigenvalue weighted by atomic mass is 32.2. The van der Waals surface area contributed by atoms with Crippen LogP contribution in [0.3, 0.4) is 0 Å². The Morgan fingerprint density at radius 3 is 2.36 bits per heavy atom. The first-order valence-corrected chi connectivity index (χ1v) is 6.85. The maximum atomic E-state index is 10.8. The molecule has 0 aromatic heterocycles. The molecule has 0 aromatic rings. The van der Waals surface area contributed by atoms with Crippen molar-refractivity contribution in [1.29, 1.82) is 0 Å². The fourth-order valence-electron chi connectivity index (χ4n) is 1.09. The van der Waals surface area contributed by atoms with Gasteiger partial charge in [0.25, 0.3) is 0 Å². The van der Waals surface area contributed by atoms with E-state index in [1.165, 1.54) is 6.26 Å². The van der Waals surface area contributed by atoms with E-state index in [-0.39, 0.29) is 11.4 Å². The molecule has 0 aliphatic rings. The number of hydrogen-bond donors (Lipinski definition) is 1. The topological polar surface area (TPSA) is 55.4 Å². The van der Waals surface area contributed by atoms with Crippen molar-refractivity contribution in [3.8, 4) is 0 Å². The van der Waals surface area contributed by atoms with Crippen molar-refractivity contribution in [2.75, 3.05) is 31.7 Å². The van der Waals surface area contributed by atoms with Crippen LogP contribution in [0, 0.1) is 0 Å². The maximum Gasteiger partial charge on any atom is 0.148 e. The Kier molecular flexibility index (Phi) is 5.63. The van der Waals surface area contributed by atoms with Crippen LogP contribution < -0.4 is 5.32 Å². The first-order chi connectivity index (χ1) is 6.27. The third kappa shape index (κ3) is 8.47. The van der Waals surface area contributed by atoms with Gasteiger partial charge in [0.1, 0.15) is 9.84 Å². The van der Waals surface area contributed by atoms with Crippen LogP contribution in [0.1, 0.15) is 20.8 Å². The molecule has 0 aliphatic heterocycles. The lowest BCUT2D eigenvalue weighted by Crippen LogP contribution is -2.39. The highest BCUT2D eigenvalue weighted by molar-refractivity contribution is 7.90. The van der Waals surface area contributed by atoms with E-state index in [9.17, 15) is 8.42 Å². The van der Waals surface area contributed by atoms with Crippen LogP contribution >= 0.6 is 0 Å². The van der Waals surface area contributed by atoms with E-state index < -0.39 is 9.84 Å². The number of ether oxygens (including phenoxy) is 1. The molecular formula is C9H21NO3S. The number of nitrogens with one attached hydrogen (secondary N) is 1. The van der Waals surface area contributed by atoms with Gasteiger partial charge in [-0.25, -0.2) is 8.42 Å². The molecule has 0 atom stereocenters. The molecule has 0 aromatic carbocycles. The quantitative estimate of drug-likeness (QED) is 0.636. The van der Waals surface area contributed by atoms with E-state index in [1.54, 1.807) is 0 Å². The van der Waals surface area contributed by atoms with Gasteiger partial charge in [-0.3, -0.25) is 0 Å². The van der Waals surface area contributed by atoms with E-state index in [0.717, 1.165) is 0 Å². The van der Waals surface area contributed by atoms with Crippen molar-refractivity contribution in [2.45, 2.75) is 26.4 Å². The minimum absolute atomic E-state index is 0.176. The number of hydrogen-bond acceptors (Lipinski definition) is 4. The predicted molar refractivity (Wildman–Crippen MR) is 58.3 cm³/mol. The summed E-state index contributed by atoms with van der Waals surface area (Å²) < 4.78 is 27.1. The highest BCUT2D eigenvalue weighted by Crippen LogP contribution is 2.06. The standard InChI is InChI=1S/C9H21NO3S/c1-5-13-9(2,3)8-10-6-7-14(4,11)12/h10H,5-8H2,1-4H3. The van der Waals surface area contributed by atoms with E-state index in [1.807, 2.05) is 20.8 Å². The minimum Gasteiger partial charge on any atom is -0.375 e. The Hall–Kier alpha value is -0.130. The van der Waals surface area contributed by atoms with Gasteiger partial charge < -0.3 is 10.1 Å². The van der Waals surface area contributed by atoms with Crippen LogP contribution in [-0.2, 0) is 14.6 Å². The molecule has 0 unspecified atom stereocenters. The summed E-state index contributed by atoms with van der Waals surface area (Å²) >= 11 is 0. The lowest BCUT2D eigenvalue weighted by atomic mass is 10.1. The molecule has 0 rings (SSSR count). The summed E-state index contributed by atoms with van der Waals surface area (Å²) in [6, 6.07) is 0. The van der Waals surface area contributed by atoms with E-state index in [2.05, 4.69) is 5.32 Å². The van der Waals surface area contributed by atoms with Crippen molar-refractivity contribution in [1.82, 2.24) is 5.32 Å². The van der Waals surface area contributed by atoms with Gasteiger partial charge in [0, 0.05) is 26.0 Å². The Morgan fingerprint density at radius 2 is 1.93 bits per heavy atom. The molecule has 4 nitrogen and oxygen atoms in total. The molecule has 0 aliphatic carbocycles. The number of rotatable bonds is 7. The summed E-state index contributed by atoms with van der Waals surface area (Å²) in [7, 11) is -2.86. The first kappa shape index (κ1) is 13.9. The number of sulfone groups is 1. The molecule has 0 saturated heterocycles. The van der Waals surface area contributed by atoms with Gasteiger partial charge in [0.05, 0.1) is 11.4 Å². The van der Waals surface area contributed by atoms with Crippen LogP contribution in [0.2, 0.25) is 0 Å². The van der Waals surface area contributed by atoms with Gasteiger partial charge in [-0.1, -0.05) is 0 Å². The van der Waals surface area contributed by atoms with Crippen LogP contribution in [-0.4, -0.2) is 45.7 Å². The lowest BCUT2D eigenvalue weighted by molar-refractivity contribution is -0.00836. The molecule has 0 fully saturated rings. The SMILES string of the molecule is CCOC(C)(C)CNCCS(C)(=O)=O. The fourth-order valence-corrected chi connectivity index (χ4v) is 1.60. The van der Waals surface area contributed by atoms with Crippen molar-refractivity contribution in [3.05, 3.63) is 0 Å². The van der Waals surface area contributed by atoms with Gasteiger partial charge in [-0.15, -0.1) is 0 Å². The van der Waals surface area contributed by atoms with Gasteiger partial charge >= 0.3 is 0 Å². The third-order valence-corrected chi connectivity index (χ3v) is 2.68. The minimum atomic E-state index is -2.86. The third-order valence-electron chi connectivity index (χ3n) is 1.74. The van der Waals surface area contributed by atoms with E-state index in [0.29, 0.717) is 19.7 Å². The van der Waals surface area contributed by atoms with Crippen LogP contribution in [0.5, 0.6) is 0 Å². The summed E-state index contributed by atoms with van der Waals surface area (Å²) in [4.78, 5) is 0. The van der Waals surface area contributed by atoms with Gasteiger partial charge in [0.15, 0.2) is 0 Å². The molecule has 0 heterocycles. The molecular weight excluding hydrogens is 202 g/mol. The molecule has 0 saturated carbocycles. The second-order valence-electron chi connectivity index (χ2n) is 4.00. The second kappa shape index (κ2) is 5.68. The van der Waals surface area contributed by atoms with Crippen molar-refractivity contribution >= 4 is 9.84 Å². The first-order valence-electron chi connectivity index (χ1n) is 4.79. The molecule has 86 valence electrons. The van der Waals surface area contributed by atoms with Crippen molar-refractivity contribution in [3.63, 3.8) is 0 Å². The van der Waals surface area contributed by atoms with E-state index >= 15 is 0 Å². The van der Waals surface area contributed by atoms with Gasteiger partial charge in [0.2, 0.25) is 0 Å². The predicted octanol–water partition coefficient (Wildman–Crippen LogP) is 0.436. The largest absolute Gasteiger partial charge is 0.375 e. The van der Waals surface area contributed by atoms with Crippen molar-refractivity contribution < 1.29 is 13.2 Å². The molecule has 0 amide bonds. The highest BCUT2D eigenvalue weighted by Gasteiger charge is 2.16. The molecule has 0 spiro atoms. The molecule has 0 radical (unpaired) electrons. The smallest absolute Gasteiger partial charge is 0.148 e. The Labute approximate surface area is 86.9 Å². The van der Waals surface area contributed by atoms with Gasteiger partial charge in [-0.2, -0.15) is 0 Å². The normalized spacial score (nSPS) is 13.1. The van der Waals surface area contributed by atoms with Crippen LogP contribution in [0.4, 0.5) is 0 Å². The maximum absolute atomic E-state index is 10.8. The zero-order chi connectivity index (χ0) is 11.2. The summed E-state index contributed by atoms with van der Waals surface area (Å²) in [5.74, 6) is 0.176. The summed E-state index contributed by atoms with van der Waals surface area (Å²) in [6.45, 7) is 7.71. The average Bonchev–Trinajstić information content (AvgIpc) is 1.96. The Morgan fingerprint density at radius 1 is 1.36 bits per heavy atom. The van der Waals surface area contributed by atoms with Crippen LogP contribution in [0.15, 0.2) is 0 Å². The summed E-state index contributed by atoms with van der Waals surface area (Å²) in [5, 5.41) is 3.06. The Bertz CT molecular complexity index is 247. The zero-order valence-corrected chi connectivity index (χ0v) is 10.3. The van der Waals surface area contributed by atoms with Crippen LogP contribution in [0.25, 0.3) is 0 Å². The van der Waals surface area contributed by atoms with Crippen molar-refractivity contribution in [2.24, 2.45) is 0 Å². The fraction of sp³-hybridized carbons (Fsp3) is 1.00. The zero-order valence-electron chi connectivity index (χ0n) is 9.46. The van der Waals surface area contributed by atoms with E-state index in [4.69, 9.17) is 4.74 Å². The Balaban J connectivity index is 3.64. The molecule has 0 bridgehead atoms. The summed E-state index contributed by atoms with van der Waals surface area (Å²) in [6.07, 6.45) is 1.24. The summed E-state index contributed by atoms with van der Waals surface area (Å²) in [5.41, 5.74) is -0.230. The monoisotopic (exact) mass is 223 g/mol. The molecule has 5 heteroatoms.